The van der Waals surface area contributed by atoms with Crippen molar-refractivity contribution in [2.75, 3.05) is 60.8 Å². The zero-order valence-electron chi connectivity index (χ0n) is 19.7. The number of aliphatic imine (C=N–C) groups is 1. The van der Waals surface area contributed by atoms with Crippen LogP contribution in [-0.2, 0) is 14.9 Å². The number of ether oxygens (including phenoxy) is 4. The lowest BCUT2D eigenvalue weighted by Crippen LogP contribution is -2.43. The first-order valence-corrected chi connectivity index (χ1v) is 10.8. The van der Waals surface area contributed by atoms with E-state index >= 15 is 0 Å². The Kier molecular flexibility index (Phi) is 13.2. The van der Waals surface area contributed by atoms with E-state index in [0.29, 0.717) is 5.92 Å². The van der Waals surface area contributed by atoms with Crippen molar-refractivity contribution in [2.45, 2.75) is 38.5 Å². The molecule has 0 amide bonds. The molecule has 178 valence electrons. The summed E-state index contributed by atoms with van der Waals surface area (Å²) in [6.07, 6.45) is 3.18. The Balaban J connectivity index is 0.00000480. The molecule has 31 heavy (non-hydrogen) atoms. The van der Waals surface area contributed by atoms with E-state index in [1.807, 2.05) is 12.1 Å². The Morgan fingerprint density at radius 3 is 2.48 bits per heavy atom. The van der Waals surface area contributed by atoms with Gasteiger partial charge in [0, 0.05) is 52.0 Å². The van der Waals surface area contributed by atoms with Gasteiger partial charge in [0.1, 0.15) is 0 Å². The summed E-state index contributed by atoms with van der Waals surface area (Å²) < 4.78 is 22.0. The third kappa shape index (κ3) is 9.41. The molecule has 0 radical (unpaired) electrons. The first-order chi connectivity index (χ1) is 14.5. The lowest BCUT2D eigenvalue weighted by atomic mass is 9.84. The largest absolute Gasteiger partial charge is 0.493 e. The topological polar surface area (TPSA) is 73.3 Å². The molecule has 7 nitrogen and oxygen atoms in total. The van der Waals surface area contributed by atoms with Crippen molar-refractivity contribution >= 4 is 29.9 Å². The van der Waals surface area contributed by atoms with E-state index in [0.717, 1.165) is 76.2 Å². The predicted octanol–water partition coefficient (Wildman–Crippen LogP) is 3.60. The molecule has 1 aromatic rings. The number of methoxy groups -OCH3 is 2. The number of benzene rings is 1. The second-order valence-corrected chi connectivity index (χ2v) is 8.29. The van der Waals surface area contributed by atoms with Gasteiger partial charge in [-0.25, -0.2) is 0 Å². The van der Waals surface area contributed by atoms with Crippen molar-refractivity contribution in [2.24, 2.45) is 10.9 Å². The molecule has 1 heterocycles. The van der Waals surface area contributed by atoms with Crippen molar-refractivity contribution in [3.8, 4) is 11.5 Å². The van der Waals surface area contributed by atoms with Crippen LogP contribution >= 0.6 is 24.0 Å². The van der Waals surface area contributed by atoms with E-state index in [4.69, 9.17) is 18.9 Å². The third-order valence-electron chi connectivity index (χ3n) is 5.54. The van der Waals surface area contributed by atoms with Crippen LogP contribution in [0.25, 0.3) is 0 Å². The summed E-state index contributed by atoms with van der Waals surface area (Å²) in [6, 6.07) is 6.06. The average Bonchev–Trinajstić information content (AvgIpc) is 2.78. The van der Waals surface area contributed by atoms with Gasteiger partial charge in [-0.1, -0.05) is 19.9 Å². The van der Waals surface area contributed by atoms with Crippen LogP contribution in [0.15, 0.2) is 23.2 Å². The molecule has 0 unspecified atom stereocenters. The number of halogens is 1. The van der Waals surface area contributed by atoms with Crippen molar-refractivity contribution in [3.05, 3.63) is 23.8 Å². The Labute approximate surface area is 204 Å². The molecule has 1 saturated heterocycles. The van der Waals surface area contributed by atoms with Gasteiger partial charge < -0.3 is 29.6 Å². The van der Waals surface area contributed by atoms with Crippen LogP contribution in [0.1, 0.15) is 38.7 Å². The van der Waals surface area contributed by atoms with Gasteiger partial charge >= 0.3 is 0 Å². The molecule has 2 N–H and O–H groups in total. The molecule has 2 rings (SSSR count). The molecule has 1 aromatic carbocycles. The summed E-state index contributed by atoms with van der Waals surface area (Å²) in [5.74, 6) is 2.93. The fourth-order valence-corrected chi connectivity index (χ4v) is 3.43. The number of hydrogen-bond acceptors (Lipinski definition) is 5. The summed E-state index contributed by atoms with van der Waals surface area (Å²) >= 11 is 0. The highest BCUT2D eigenvalue weighted by atomic mass is 127. The normalized spacial score (nSPS) is 15.2. The van der Waals surface area contributed by atoms with Gasteiger partial charge in [-0.3, -0.25) is 4.99 Å². The third-order valence-corrected chi connectivity index (χ3v) is 5.54. The zero-order chi connectivity index (χ0) is 21.8. The minimum absolute atomic E-state index is 0. The van der Waals surface area contributed by atoms with Crippen LogP contribution in [0, 0.1) is 5.92 Å². The lowest BCUT2D eigenvalue weighted by Gasteiger charge is -2.27. The van der Waals surface area contributed by atoms with Gasteiger partial charge in [0.05, 0.1) is 14.2 Å². The van der Waals surface area contributed by atoms with Gasteiger partial charge in [0.15, 0.2) is 17.5 Å². The zero-order valence-corrected chi connectivity index (χ0v) is 22.0. The summed E-state index contributed by atoms with van der Waals surface area (Å²) in [6.45, 7) is 9.30. The molecule has 0 bridgehead atoms. The van der Waals surface area contributed by atoms with Crippen LogP contribution < -0.4 is 20.1 Å². The molecule has 1 fully saturated rings. The number of rotatable bonds is 11. The highest BCUT2D eigenvalue weighted by Crippen LogP contribution is 2.32. The maximum atomic E-state index is 5.82. The fourth-order valence-electron chi connectivity index (χ4n) is 3.43. The summed E-state index contributed by atoms with van der Waals surface area (Å²) in [5.41, 5.74) is 1.06. The van der Waals surface area contributed by atoms with Crippen molar-refractivity contribution in [3.63, 3.8) is 0 Å². The van der Waals surface area contributed by atoms with E-state index in [2.05, 4.69) is 35.5 Å². The van der Waals surface area contributed by atoms with E-state index in [1.165, 1.54) is 5.56 Å². The van der Waals surface area contributed by atoms with Crippen LogP contribution in [0.2, 0.25) is 0 Å². The maximum absolute atomic E-state index is 5.82. The van der Waals surface area contributed by atoms with Gasteiger partial charge in [-0.15, -0.1) is 24.0 Å². The van der Waals surface area contributed by atoms with Gasteiger partial charge in [0.2, 0.25) is 0 Å². The van der Waals surface area contributed by atoms with Crippen LogP contribution in [0.5, 0.6) is 11.5 Å². The van der Waals surface area contributed by atoms with E-state index in [-0.39, 0.29) is 29.4 Å². The molecule has 1 aliphatic rings. The standard InChI is InChI=1S/C23H39N3O4.HI/c1-23(2,19-7-8-20(27-4)21(15-19)28-5)17-26-22(24-3)25-11-6-12-30-16-18-9-13-29-14-10-18;/h7-8,15,18H,6,9-14,16-17H2,1-5H3,(H2,24,25,26);1H. The molecule has 8 heteroatoms. The highest BCUT2D eigenvalue weighted by molar-refractivity contribution is 14.0. The van der Waals surface area contributed by atoms with Crippen molar-refractivity contribution in [1.29, 1.82) is 0 Å². The van der Waals surface area contributed by atoms with Crippen LogP contribution in [0.3, 0.4) is 0 Å². The molecule has 0 spiro atoms. The number of nitrogens with zero attached hydrogens (tertiary/aromatic N) is 1. The first kappa shape index (κ1) is 27.8. The average molecular weight is 549 g/mol. The predicted molar refractivity (Wildman–Crippen MR) is 136 cm³/mol. The van der Waals surface area contributed by atoms with Gasteiger partial charge in [-0.2, -0.15) is 0 Å². The number of guanidine groups is 1. The van der Waals surface area contributed by atoms with E-state index in [1.54, 1.807) is 21.3 Å². The SMILES string of the molecule is CN=C(NCCCOCC1CCOCC1)NCC(C)(C)c1ccc(OC)c(OC)c1.I. The number of nitrogens with one attached hydrogen (secondary N) is 2. The molecule has 0 atom stereocenters. The quantitative estimate of drug-likeness (QED) is 0.190. The minimum Gasteiger partial charge on any atom is -0.493 e. The Bertz CT molecular complexity index is 664. The van der Waals surface area contributed by atoms with E-state index in [9.17, 15) is 0 Å². The van der Waals surface area contributed by atoms with Crippen molar-refractivity contribution in [1.82, 2.24) is 10.6 Å². The summed E-state index contributed by atoms with van der Waals surface area (Å²) in [5, 5.41) is 6.80. The Morgan fingerprint density at radius 2 is 1.84 bits per heavy atom. The molecule has 1 aliphatic heterocycles. The lowest BCUT2D eigenvalue weighted by molar-refractivity contribution is 0.0203. The molecular formula is C23H40IN3O4. The molecular weight excluding hydrogens is 509 g/mol. The highest BCUT2D eigenvalue weighted by Gasteiger charge is 2.22. The van der Waals surface area contributed by atoms with E-state index < -0.39 is 0 Å². The smallest absolute Gasteiger partial charge is 0.191 e. The number of hydrogen-bond donors (Lipinski definition) is 2. The molecule has 0 saturated carbocycles. The van der Waals surface area contributed by atoms with Crippen LogP contribution in [-0.4, -0.2) is 66.7 Å². The molecule has 0 aromatic heterocycles. The fraction of sp³-hybridized carbons (Fsp3) is 0.696. The Hall–Kier alpha value is -1.26. The minimum atomic E-state index is -0.107. The monoisotopic (exact) mass is 549 g/mol. The van der Waals surface area contributed by atoms with Gasteiger partial charge in [0.25, 0.3) is 0 Å². The van der Waals surface area contributed by atoms with Crippen molar-refractivity contribution < 1.29 is 18.9 Å². The van der Waals surface area contributed by atoms with Crippen LogP contribution in [0.4, 0.5) is 0 Å². The van der Waals surface area contributed by atoms with Gasteiger partial charge in [-0.05, 0) is 42.9 Å². The second kappa shape index (κ2) is 14.7. The maximum Gasteiger partial charge on any atom is 0.191 e. The second-order valence-electron chi connectivity index (χ2n) is 8.29. The summed E-state index contributed by atoms with van der Waals surface area (Å²) in [7, 11) is 5.10. The Morgan fingerprint density at radius 1 is 1.13 bits per heavy atom. The molecule has 0 aliphatic carbocycles. The summed E-state index contributed by atoms with van der Waals surface area (Å²) in [4.78, 5) is 4.33. The first-order valence-electron chi connectivity index (χ1n) is 10.8.